The lowest BCUT2D eigenvalue weighted by Gasteiger charge is -2.30. The number of nitrogens with one attached hydrogen (secondary N) is 1. The number of H-pyrrole nitrogens is 1. The van der Waals surface area contributed by atoms with Gasteiger partial charge in [-0.3, -0.25) is 14.4 Å². The summed E-state index contributed by atoms with van der Waals surface area (Å²) in [6.45, 7) is 8.02. The fraction of sp³-hybridized carbons (Fsp3) is 0.306. The molecule has 4 aliphatic rings. The molecule has 6 aromatic rings. The molecule has 0 spiro atoms. The maximum absolute atomic E-state index is 13.6. The van der Waals surface area contributed by atoms with E-state index in [-0.39, 0.29) is 17.4 Å². The van der Waals surface area contributed by atoms with Crippen LogP contribution in [0.2, 0.25) is 0 Å². The van der Waals surface area contributed by atoms with Crippen molar-refractivity contribution < 1.29 is 14.3 Å². The summed E-state index contributed by atoms with van der Waals surface area (Å²) in [6.07, 6.45) is 11.8. The highest BCUT2D eigenvalue weighted by Gasteiger charge is 2.35. The molecule has 2 aromatic carbocycles. The second-order valence-electron chi connectivity index (χ2n) is 16.2. The Balaban J connectivity index is 0.000000156. The van der Waals surface area contributed by atoms with Gasteiger partial charge in [0.25, 0.3) is 11.8 Å². The number of carbonyl (C=O) groups excluding carboxylic acids is 2. The first-order valence-electron chi connectivity index (χ1n) is 21.3. The van der Waals surface area contributed by atoms with Crippen LogP contribution in [0.15, 0.2) is 113 Å². The Kier molecular flexibility index (Phi) is 11.1. The number of ether oxygens (including phenoxy) is 1. The smallest absolute Gasteiger partial charge is 0.279 e. The van der Waals surface area contributed by atoms with Crippen LogP contribution in [0.25, 0.3) is 33.7 Å². The maximum atomic E-state index is 13.6. The highest BCUT2D eigenvalue weighted by molar-refractivity contribution is 6.23. The molecule has 0 bridgehead atoms. The van der Waals surface area contributed by atoms with Crippen molar-refractivity contribution in [3.05, 3.63) is 141 Å². The molecule has 0 amide bonds. The molecule has 4 aliphatic heterocycles. The monoisotopic (exact) mass is 814 g/mol. The third kappa shape index (κ3) is 7.62. The number of fused-ring (bicyclic) bond motifs is 2. The van der Waals surface area contributed by atoms with Crippen molar-refractivity contribution in [1.82, 2.24) is 29.5 Å². The Morgan fingerprint density at radius 1 is 0.557 bits per heavy atom. The topological polar surface area (TPSA) is 131 Å². The third-order valence-electron chi connectivity index (χ3n) is 12.2. The molecule has 8 heterocycles. The summed E-state index contributed by atoms with van der Waals surface area (Å²) in [6, 6.07) is 27.1. The molecule has 4 aromatic heterocycles. The normalized spacial score (nSPS) is 16.6. The molecular weight excluding hydrogens is 765 g/mol. The minimum Gasteiger partial charge on any atom is -0.481 e. The van der Waals surface area contributed by atoms with Gasteiger partial charge < -0.3 is 19.5 Å². The number of methoxy groups -OCH3 is 1. The number of hydrogen-bond donors (Lipinski definition) is 1. The minimum atomic E-state index is -0.182. The molecule has 12 heteroatoms. The summed E-state index contributed by atoms with van der Waals surface area (Å²) >= 11 is 0. The number of aromatic amines is 1. The number of carbonyl (C=O) groups is 2. The molecule has 0 radical (unpaired) electrons. The summed E-state index contributed by atoms with van der Waals surface area (Å²) < 4.78 is 8.37. The van der Waals surface area contributed by atoms with Crippen LogP contribution in [0, 0.1) is 0 Å². The fourth-order valence-corrected chi connectivity index (χ4v) is 9.23. The van der Waals surface area contributed by atoms with Gasteiger partial charge in [0.05, 0.1) is 29.9 Å². The van der Waals surface area contributed by atoms with Gasteiger partial charge in [0.2, 0.25) is 11.4 Å². The molecule has 0 atom stereocenters. The first kappa shape index (κ1) is 39.6. The lowest BCUT2D eigenvalue weighted by Crippen LogP contribution is -2.31. The Morgan fingerprint density at radius 3 is 1.46 bits per heavy atom. The molecule has 10 rings (SSSR count). The van der Waals surface area contributed by atoms with Crippen LogP contribution in [0.5, 0.6) is 5.88 Å². The number of aromatic nitrogens is 6. The molecular formula is C49H50N8O4. The van der Waals surface area contributed by atoms with Crippen molar-refractivity contribution in [2.75, 3.05) is 43.1 Å². The molecule has 0 saturated carbocycles. The van der Waals surface area contributed by atoms with Crippen LogP contribution in [-0.2, 0) is 12.8 Å². The van der Waals surface area contributed by atoms with Gasteiger partial charge in [-0.15, -0.1) is 0 Å². The van der Waals surface area contributed by atoms with Gasteiger partial charge in [0, 0.05) is 96.9 Å². The van der Waals surface area contributed by atoms with Gasteiger partial charge >= 0.3 is 0 Å². The van der Waals surface area contributed by atoms with Crippen LogP contribution in [-0.4, -0.2) is 74.6 Å². The average Bonchev–Trinajstić information content (AvgIpc) is 3.88. The quantitative estimate of drug-likeness (QED) is 0.169. The second kappa shape index (κ2) is 17.0. The number of rotatable bonds is 7. The van der Waals surface area contributed by atoms with E-state index in [0.29, 0.717) is 29.9 Å². The van der Waals surface area contributed by atoms with Crippen molar-refractivity contribution in [1.29, 1.82) is 0 Å². The molecule has 61 heavy (non-hydrogen) atoms. The molecule has 2 fully saturated rings. The number of benzene rings is 2. The number of hydrogen-bond acceptors (Lipinski definition) is 9. The van der Waals surface area contributed by atoms with E-state index in [1.807, 2.05) is 56.3 Å². The SMILES string of the molecule is CC1=C(c2ccc(=O)[nH]c2)C(=O)n2nc(-c3ccccc3)c(N3CCCCC3)c2C1.COc1ccc(C2=C(C)Cc3c(N4CCCCC4)c(-c4ccccc4)nn3C2=O)cn1. The van der Waals surface area contributed by atoms with Gasteiger partial charge in [0.15, 0.2) is 0 Å². The molecule has 310 valence electrons. The van der Waals surface area contributed by atoms with Crippen molar-refractivity contribution in [2.24, 2.45) is 0 Å². The minimum absolute atomic E-state index is 0.0915. The summed E-state index contributed by atoms with van der Waals surface area (Å²) in [5.41, 5.74) is 12.7. The first-order valence-corrected chi connectivity index (χ1v) is 21.3. The average molecular weight is 815 g/mol. The number of pyridine rings is 2. The predicted molar refractivity (Wildman–Crippen MR) is 239 cm³/mol. The number of piperidine rings is 2. The van der Waals surface area contributed by atoms with E-state index in [1.54, 1.807) is 41.0 Å². The second-order valence-corrected chi connectivity index (χ2v) is 16.2. The van der Waals surface area contributed by atoms with Gasteiger partial charge in [-0.05, 0) is 64.5 Å². The zero-order valence-electron chi connectivity index (χ0n) is 35.0. The molecule has 0 aliphatic carbocycles. The highest BCUT2D eigenvalue weighted by Crippen LogP contribution is 2.42. The van der Waals surface area contributed by atoms with E-state index >= 15 is 0 Å². The van der Waals surface area contributed by atoms with E-state index < -0.39 is 0 Å². The number of nitrogens with zero attached hydrogens (tertiary/aromatic N) is 7. The maximum Gasteiger partial charge on any atom is 0.279 e. The lowest BCUT2D eigenvalue weighted by molar-refractivity contribution is 0.0950. The van der Waals surface area contributed by atoms with E-state index in [4.69, 9.17) is 14.9 Å². The summed E-state index contributed by atoms with van der Waals surface area (Å²) in [5, 5.41) is 9.69. The Bertz CT molecular complexity index is 2690. The number of allylic oxidation sites excluding steroid dienone is 4. The predicted octanol–water partition coefficient (Wildman–Crippen LogP) is 8.51. The standard InChI is InChI=1S/C25H26N4O2.C24H24N4O2/c1-17-15-20-24(28-13-7-4-8-14-28)23(18-9-5-3-6-10-18)27-29(20)25(30)22(17)19-11-12-21(31-2)26-16-19;1-16-14-19-23(27-12-6-3-7-13-27)22(17-8-4-2-5-9-17)26-28(19)24(30)21(16)18-10-11-20(29)25-15-18/h3,5-6,9-12,16H,4,7-8,13-15H2,1-2H3;2,4-5,8-11,15H,3,6-7,12-14H2,1H3,(H,25,29). The Hall–Kier alpha value is -6.82. The molecule has 12 nitrogen and oxygen atoms in total. The van der Waals surface area contributed by atoms with E-state index in [1.165, 1.54) is 31.7 Å². The van der Waals surface area contributed by atoms with E-state index in [0.717, 1.165) is 107 Å². The van der Waals surface area contributed by atoms with Gasteiger partial charge in [-0.1, -0.05) is 71.8 Å². The molecule has 0 unspecified atom stereocenters. The summed E-state index contributed by atoms with van der Waals surface area (Å²) in [4.78, 5) is 50.4. The van der Waals surface area contributed by atoms with Crippen LogP contribution in [0.3, 0.4) is 0 Å². The summed E-state index contributed by atoms with van der Waals surface area (Å²) in [5.74, 6) is 0.302. The van der Waals surface area contributed by atoms with E-state index in [9.17, 15) is 14.4 Å². The van der Waals surface area contributed by atoms with Crippen LogP contribution >= 0.6 is 0 Å². The largest absolute Gasteiger partial charge is 0.481 e. The van der Waals surface area contributed by atoms with Crippen molar-refractivity contribution >= 4 is 34.3 Å². The van der Waals surface area contributed by atoms with Crippen LogP contribution in [0.4, 0.5) is 11.4 Å². The Labute approximate surface area is 355 Å². The molecule has 2 saturated heterocycles. The Morgan fingerprint density at radius 2 is 1.03 bits per heavy atom. The van der Waals surface area contributed by atoms with Gasteiger partial charge in [-0.2, -0.15) is 19.6 Å². The van der Waals surface area contributed by atoms with Crippen molar-refractivity contribution in [2.45, 2.75) is 65.2 Å². The highest BCUT2D eigenvalue weighted by atomic mass is 16.5. The zero-order valence-corrected chi connectivity index (χ0v) is 35.0. The van der Waals surface area contributed by atoms with Crippen LogP contribution < -0.4 is 20.1 Å². The van der Waals surface area contributed by atoms with Crippen molar-refractivity contribution in [3.63, 3.8) is 0 Å². The first-order chi connectivity index (χ1) is 29.8. The van der Waals surface area contributed by atoms with Gasteiger partial charge in [-0.25, -0.2) is 4.98 Å². The number of anilines is 2. The third-order valence-corrected chi connectivity index (χ3v) is 12.2. The van der Waals surface area contributed by atoms with Gasteiger partial charge in [0.1, 0.15) is 11.4 Å². The van der Waals surface area contributed by atoms with Crippen LogP contribution in [0.1, 0.15) is 84.5 Å². The molecule has 1 N–H and O–H groups in total. The lowest BCUT2D eigenvalue weighted by atomic mass is 9.94. The van der Waals surface area contributed by atoms with E-state index in [2.05, 4.69) is 44.0 Å². The summed E-state index contributed by atoms with van der Waals surface area (Å²) in [7, 11) is 1.58. The fourth-order valence-electron chi connectivity index (χ4n) is 9.23. The zero-order chi connectivity index (χ0) is 42.0. The van der Waals surface area contributed by atoms with Crippen molar-refractivity contribution in [3.8, 4) is 28.4 Å².